The van der Waals surface area contributed by atoms with Gasteiger partial charge in [0.2, 0.25) is 0 Å². The topological polar surface area (TPSA) is 51.2 Å². The zero-order chi connectivity index (χ0) is 14.3. The van der Waals surface area contributed by atoms with Gasteiger partial charge in [-0.05, 0) is 54.8 Å². The number of pyridine rings is 1. The molecule has 0 aromatic carbocycles. The molecular formula is C14H19BrN2O2. The summed E-state index contributed by atoms with van der Waals surface area (Å²) in [7, 11) is 0. The summed E-state index contributed by atoms with van der Waals surface area (Å²) in [4.78, 5) is 15.4. The van der Waals surface area contributed by atoms with E-state index < -0.39 is 5.60 Å². The van der Waals surface area contributed by atoms with Crippen molar-refractivity contribution in [1.29, 1.82) is 0 Å². The van der Waals surface area contributed by atoms with Gasteiger partial charge in [0.15, 0.2) is 0 Å². The molecule has 19 heavy (non-hydrogen) atoms. The molecule has 0 radical (unpaired) electrons. The Morgan fingerprint density at radius 2 is 2.21 bits per heavy atom. The molecule has 0 aliphatic carbocycles. The van der Waals surface area contributed by atoms with E-state index in [4.69, 9.17) is 4.74 Å². The van der Waals surface area contributed by atoms with Crippen molar-refractivity contribution in [1.82, 2.24) is 10.3 Å². The minimum atomic E-state index is -0.456. The largest absolute Gasteiger partial charge is 0.444 e. The van der Waals surface area contributed by atoms with Gasteiger partial charge in [-0.15, -0.1) is 0 Å². The highest BCUT2D eigenvalue weighted by molar-refractivity contribution is 9.10. The molecule has 0 spiro atoms. The van der Waals surface area contributed by atoms with Crippen molar-refractivity contribution >= 4 is 28.1 Å². The van der Waals surface area contributed by atoms with Crippen LogP contribution in [0.1, 0.15) is 32.8 Å². The molecule has 0 aliphatic heterocycles. The number of alkyl carbamates (subject to hydrolysis) is 1. The summed E-state index contributed by atoms with van der Waals surface area (Å²) in [5, 5.41) is 2.70. The second-order valence-electron chi connectivity index (χ2n) is 5.06. The van der Waals surface area contributed by atoms with Gasteiger partial charge in [0.25, 0.3) is 0 Å². The summed E-state index contributed by atoms with van der Waals surface area (Å²) in [6.07, 6.45) is 7.83. The van der Waals surface area contributed by atoms with Gasteiger partial charge >= 0.3 is 6.09 Å². The van der Waals surface area contributed by atoms with Crippen molar-refractivity contribution in [3.05, 3.63) is 34.6 Å². The quantitative estimate of drug-likeness (QED) is 0.857. The number of hydrogen-bond donors (Lipinski definition) is 1. The van der Waals surface area contributed by atoms with Gasteiger partial charge in [0, 0.05) is 23.4 Å². The second-order valence-corrected chi connectivity index (χ2v) is 5.97. The van der Waals surface area contributed by atoms with E-state index in [1.165, 1.54) is 0 Å². The third kappa shape index (κ3) is 7.62. The first kappa shape index (κ1) is 15.7. The molecule has 5 heteroatoms. The van der Waals surface area contributed by atoms with Crippen LogP contribution in [-0.4, -0.2) is 23.2 Å². The molecule has 1 amide bonds. The molecule has 0 bridgehead atoms. The van der Waals surface area contributed by atoms with Gasteiger partial charge in [-0.2, -0.15) is 0 Å². The molecule has 0 saturated heterocycles. The fourth-order valence-electron chi connectivity index (χ4n) is 1.31. The second kappa shape index (κ2) is 7.28. The molecule has 1 heterocycles. The maximum atomic E-state index is 11.4. The smallest absolute Gasteiger partial charge is 0.407 e. The van der Waals surface area contributed by atoms with Gasteiger partial charge in [-0.3, -0.25) is 4.98 Å². The lowest BCUT2D eigenvalue weighted by molar-refractivity contribution is 0.0529. The van der Waals surface area contributed by atoms with E-state index in [1.807, 2.05) is 39.0 Å². The summed E-state index contributed by atoms with van der Waals surface area (Å²) in [5.74, 6) is 0. The zero-order valence-electron chi connectivity index (χ0n) is 11.4. The predicted octanol–water partition coefficient (Wildman–Crippen LogP) is 3.77. The molecule has 104 valence electrons. The molecule has 1 rings (SSSR count). The Bertz CT molecular complexity index is 453. The summed E-state index contributed by atoms with van der Waals surface area (Å²) in [6.45, 7) is 6.07. The van der Waals surface area contributed by atoms with E-state index in [9.17, 15) is 4.79 Å². The number of amides is 1. The van der Waals surface area contributed by atoms with Gasteiger partial charge in [-0.1, -0.05) is 12.2 Å². The molecule has 0 fully saturated rings. The summed E-state index contributed by atoms with van der Waals surface area (Å²) in [6, 6.07) is 1.98. The molecule has 0 aliphatic rings. The standard InChI is InChI=1S/C14H19BrN2O2/c1-14(2,3)19-13(18)17-7-5-4-6-11-8-12(15)10-16-9-11/h4,6,8-10H,5,7H2,1-3H3,(H,17,18). The summed E-state index contributed by atoms with van der Waals surface area (Å²) >= 11 is 3.36. The number of hydrogen-bond acceptors (Lipinski definition) is 3. The molecule has 0 atom stereocenters. The van der Waals surface area contributed by atoms with Crippen LogP contribution in [0.3, 0.4) is 0 Å². The monoisotopic (exact) mass is 326 g/mol. The minimum absolute atomic E-state index is 0.384. The highest BCUT2D eigenvalue weighted by Crippen LogP contribution is 2.10. The molecular weight excluding hydrogens is 308 g/mol. The van der Waals surface area contributed by atoms with Crippen LogP contribution < -0.4 is 5.32 Å². The van der Waals surface area contributed by atoms with Crippen LogP contribution in [0.25, 0.3) is 6.08 Å². The van der Waals surface area contributed by atoms with Crippen molar-refractivity contribution in [2.24, 2.45) is 0 Å². The Labute approximate surface area is 122 Å². The maximum absolute atomic E-state index is 11.4. The van der Waals surface area contributed by atoms with Crippen molar-refractivity contribution in [2.45, 2.75) is 32.8 Å². The third-order valence-electron chi connectivity index (χ3n) is 2.02. The number of ether oxygens (including phenoxy) is 1. The first-order valence-corrected chi connectivity index (χ1v) is 6.90. The molecule has 0 unspecified atom stereocenters. The number of nitrogens with zero attached hydrogens (tertiary/aromatic N) is 1. The van der Waals surface area contributed by atoms with E-state index in [0.29, 0.717) is 6.54 Å². The Balaban J connectivity index is 2.26. The lowest BCUT2D eigenvalue weighted by Crippen LogP contribution is -2.32. The molecule has 1 aromatic rings. The van der Waals surface area contributed by atoms with Crippen LogP contribution in [0.15, 0.2) is 29.0 Å². The molecule has 0 saturated carbocycles. The van der Waals surface area contributed by atoms with Crippen LogP contribution in [0.5, 0.6) is 0 Å². The van der Waals surface area contributed by atoms with Crippen molar-refractivity contribution < 1.29 is 9.53 Å². The predicted molar refractivity (Wildman–Crippen MR) is 79.8 cm³/mol. The molecule has 1 N–H and O–H groups in total. The lowest BCUT2D eigenvalue weighted by Gasteiger charge is -2.19. The summed E-state index contributed by atoms with van der Waals surface area (Å²) in [5.41, 5.74) is 0.564. The first-order chi connectivity index (χ1) is 8.87. The summed E-state index contributed by atoms with van der Waals surface area (Å²) < 4.78 is 6.07. The number of rotatable bonds is 4. The van der Waals surface area contributed by atoms with Crippen LogP contribution in [-0.2, 0) is 4.74 Å². The third-order valence-corrected chi connectivity index (χ3v) is 2.45. The average molecular weight is 327 g/mol. The fourth-order valence-corrected chi connectivity index (χ4v) is 1.69. The highest BCUT2D eigenvalue weighted by Gasteiger charge is 2.14. The number of carbonyl (C=O) groups is 1. The lowest BCUT2D eigenvalue weighted by atomic mass is 10.2. The van der Waals surface area contributed by atoms with Crippen LogP contribution >= 0.6 is 15.9 Å². The number of aromatic nitrogens is 1. The van der Waals surface area contributed by atoms with Gasteiger partial charge < -0.3 is 10.1 Å². The molecule has 4 nitrogen and oxygen atoms in total. The Kier molecular flexibility index (Phi) is 6.02. The normalized spacial score (nSPS) is 11.6. The van der Waals surface area contributed by atoms with E-state index in [2.05, 4.69) is 26.2 Å². The van der Waals surface area contributed by atoms with Crippen LogP contribution in [0, 0.1) is 0 Å². The highest BCUT2D eigenvalue weighted by atomic mass is 79.9. The van der Waals surface area contributed by atoms with E-state index in [-0.39, 0.29) is 6.09 Å². The van der Waals surface area contributed by atoms with E-state index in [0.717, 1.165) is 16.5 Å². The number of halogens is 1. The van der Waals surface area contributed by atoms with Crippen molar-refractivity contribution in [2.75, 3.05) is 6.54 Å². The first-order valence-electron chi connectivity index (χ1n) is 6.11. The van der Waals surface area contributed by atoms with Crippen LogP contribution in [0.4, 0.5) is 4.79 Å². The number of carbonyl (C=O) groups excluding carboxylic acids is 1. The minimum Gasteiger partial charge on any atom is -0.444 e. The molecule has 1 aromatic heterocycles. The Morgan fingerprint density at radius 3 is 2.84 bits per heavy atom. The van der Waals surface area contributed by atoms with Gasteiger partial charge in [0.1, 0.15) is 5.60 Å². The fraction of sp³-hybridized carbons (Fsp3) is 0.429. The Morgan fingerprint density at radius 1 is 1.47 bits per heavy atom. The van der Waals surface area contributed by atoms with E-state index >= 15 is 0 Å². The zero-order valence-corrected chi connectivity index (χ0v) is 13.0. The van der Waals surface area contributed by atoms with Gasteiger partial charge in [-0.25, -0.2) is 4.79 Å². The SMILES string of the molecule is CC(C)(C)OC(=O)NCCC=Cc1cncc(Br)c1. The van der Waals surface area contributed by atoms with Crippen LogP contribution in [0.2, 0.25) is 0 Å². The average Bonchev–Trinajstić information content (AvgIpc) is 2.26. The maximum Gasteiger partial charge on any atom is 0.407 e. The van der Waals surface area contributed by atoms with Crippen molar-refractivity contribution in [3.8, 4) is 0 Å². The Hall–Kier alpha value is -1.36. The number of nitrogens with one attached hydrogen (secondary N) is 1. The van der Waals surface area contributed by atoms with Gasteiger partial charge in [0.05, 0.1) is 0 Å². The van der Waals surface area contributed by atoms with E-state index in [1.54, 1.807) is 12.4 Å². The van der Waals surface area contributed by atoms with Crippen molar-refractivity contribution in [3.63, 3.8) is 0 Å².